The van der Waals surface area contributed by atoms with Gasteiger partial charge in [0.25, 0.3) is 0 Å². The molecule has 0 aliphatic rings. The van der Waals surface area contributed by atoms with Gasteiger partial charge in [-0.1, -0.05) is 6.07 Å². The van der Waals surface area contributed by atoms with E-state index >= 15 is 0 Å². The van der Waals surface area contributed by atoms with E-state index in [4.69, 9.17) is 0 Å². The van der Waals surface area contributed by atoms with Crippen LogP contribution in [-0.4, -0.2) is 30.3 Å². The van der Waals surface area contributed by atoms with Gasteiger partial charge in [-0.05, 0) is 41.8 Å². The summed E-state index contributed by atoms with van der Waals surface area (Å²) >= 11 is 1.53. The molecule has 114 valence electrons. The molecule has 0 fully saturated rings. The smallest absolute Gasteiger partial charge is 0.246 e. The van der Waals surface area contributed by atoms with Crippen LogP contribution in [0.1, 0.15) is 4.88 Å². The molecule has 1 aromatic heterocycles. The molecule has 2 rings (SSSR count). The summed E-state index contributed by atoms with van der Waals surface area (Å²) in [4.78, 5) is 26.0. The second kappa shape index (κ2) is 7.51. The number of likely N-dealkylation sites (N-methyl/N-ethyl adjacent to an activating group) is 1. The van der Waals surface area contributed by atoms with Crippen LogP contribution in [0, 0.1) is 5.82 Å². The Balaban J connectivity index is 1.85. The van der Waals surface area contributed by atoms with Gasteiger partial charge in [-0.2, -0.15) is 0 Å². The Kier molecular flexibility index (Phi) is 5.43. The monoisotopic (exact) mass is 318 g/mol. The van der Waals surface area contributed by atoms with Crippen LogP contribution in [0.2, 0.25) is 0 Å². The predicted molar refractivity (Wildman–Crippen MR) is 86.0 cm³/mol. The molecule has 0 aliphatic carbocycles. The lowest BCUT2D eigenvalue weighted by Crippen LogP contribution is -2.33. The zero-order valence-corrected chi connectivity index (χ0v) is 12.8. The first-order valence-corrected chi connectivity index (χ1v) is 7.44. The number of hydrogen-bond donors (Lipinski definition) is 1. The number of carbonyl (C=O) groups excluding carboxylic acids is 2. The summed E-state index contributed by atoms with van der Waals surface area (Å²) in [5.74, 6) is -0.973. The third kappa shape index (κ3) is 4.82. The lowest BCUT2D eigenvalue weighted by Gasteiger charge is -2.14. The highest BCUT2D eigenvalue weighted by Crippen LogP contribution is 2.10. The lowest BCUT2D eigenvalue weighted by atomic mass is 10.3. The fourth-order valence-corrected chi connectivity index (χ4v) is 2.31. The van der Waals surface area contributed by atoms with Gasteiger partial charge in [0.2, 0.25) is 11.8 Å². The Labute approximate surface area is 131 Å². The van der Waals surface area contributed by atoms with Crippen molar-refractivity contribution in [2.45, 2.75) is 0 Å². The minimum Gasteiger partial charge on any atom is -0.333 e. The molecule has 1 N–H and O–H groups in total. The topological polar surface area (TPSA) is 49.4 Å². The molecule has 6 heteroatoms. The van der Waals surface area contributed by atoms with Crippen molar-refractivity contribution in [3.05, 3.63) is 58.5 Å². The molecule has 22 heavy (non-hydrogen) atoms. The Bertz CT molecular complexity index is 666. The number of rotatable bonds is 5. The second-order valence-electron chi connectivity index (χ2n) is 4.60. The van der Waals surface area contributed by atoms with Gasteiger partial charge in [-0.15, -0.1) is 11.3 Å². The molecule has 2 amide bonds. The van der Waals surface area contributed by atoms with Gasteiger partial charge in [0.15, 0.2) is 0 Å². The first kappa shape index (κ1) is 15.9. The van der Waals surface area contributed by atoms with E-state index < -0.39 is 0 Å². The minimum atomic E-state index is -0.371. The van der Waals surface area contributed by atoms with E-state index in [2.05, 4.69) is 5.32 Å². The van der Waals surface area contributed by atoms with E-state index in [-0.39, 0.29) is 24.2 Å². The van der Waals surface area contributed by atoms with Crippen LogP contribution in [0.3, 0.4) is 0 Å². The highest BCUT2D eigenvalue weighted by molar-refractivity contribution is 7.10. The SMILES string of the molecule is CN(CC(=O)Nc1ccc(F)cc1)C(=O)/C=C/c1cccs1. The van der Waals surface area contributed by atoms with E-state index in [1.807, 2.05) is 17.5 Å². The van der Waals surface area contributed by atoms with Crippen molar-refractivity contribution in [1.82, 2.24) is 4.90 Å². The Hall–Kier alpha value is -2.47. The number of thiophene rings is 1. The summed E-state index contributed by atoms with van der Waals surface area (Å²) in [7, 11) is 1.55. The number of anilines is 1. The fraction of sp³-hybridized carbons (Fsp3) is 0.125. The second-order valence-corrected chi connectivity index (χ2v) is 5.58. The van der Waals surface area contributed by atoms with Crippen molar-refractivity contribution in [3.8, 4) is 0 Å². The molecule has 0 spiro atoms. The van der Waals surface area contributed by atoms with Crippen LogP contribution >= 0.6 is 11.3 Å². The molecule has 1 heterocycles. The zero-order chi connectivity index (χ0) is 15.9. The van der Waals surface area contributed by atoms with Crippen LogP contribution in [0.25, 0.3) is 6.08 Å². The van der Waals surface area contributed by atoms with Crippen LogP contribution < -0.4 is 5.32 Å². The highest BCUT2D eigenvalue weighted by Gasteiger charge is 2.10. The van der Waals surface area contributed by atoms with Crippen molar-refractivity contribution in [1.29, 1.82) is 0 Å². The molecule has 0 bridgehead atoms. The molecular weight excluding hydrogens is 303 g/mol. The van der Waals surface area contributed by atoms with E-state index in [1.54, 1.807) is 13.1 Å². The number of nitrogens with one attached hydrogen (secondary N) is 1. The predicted octanol–water partition coefficient (Wildman–Crippen LogP) is 3.00. The maximum absolute atomic E-state index is 12.8. The van der Waals surface area contributed by atoms with E-state index in [9.17, 15) is 14.0 Å². The van der Waals surface area contributed by atoms with Crippen LogP contribution in [0.5, 0.6) is 0 Å². The summed E-state index contributed by atoms with van der Waals surface area (Å²) in [6.45, 7) is -0.0784. The first-order chi connectivity index (χ1) is 10.5. The number of halogens is 1. The number of benzene rings is 1. The number of carbonyl (C=O) groups is 2. The standard InChI is InChI=1S/C16H15FN2O2S/c1-19(16(21)9-8-14-3-2-10-22-14)11-15(20)18-13-6-4-12(17)5-7-13/h2-10H,11H2,1H3,(H,18,20)/b9-8+. The summed E-state index contributed by atoms with van der Waals surface area (Å²) in [5, 5.41) is 4.52. The van der Waals surface area contributed by atoms with Gasteiger partial charge < -0.3 is 10.2 Å². The van der Waals surface area contributed by atoms with Gasteiger partial charge in [-0.3, -0.25) is 9.59 Å². The molecular formula is C16H15FN2O2S. The fourth-order valence-electron chi connectivity index (χ4n) is 1.69. The van der Waals surface area contributed by atoms with Crippen molar-refractivity contribution >= 4 is 34.9 Å². The van der Waals surface area contributed by atoms with Gasteiger partial charge in [0.05, 0.1) is 6.54 Å². The molecule has 0 saturated heterocycles. The minimum absolute atomic E-state index is 0.0784. The third-order valence-electron chi connectivity index (χ3n) is 2.82. The van der Waals surface area contributed by atoms with Gasteiger partial charge in [-0.25, -0.2) is 4.39 Å². The van der Waals surface area contributed by atoms with E-state index in [1.165, 1.54) is 46.6 Å². The molecule has 2 aromatic rings. The summed E-state index contributed by atoms with van der Waals surface area (Å²) < 4.78 is 12.8. The molecule has 0 atom stereocenters. The quantitative estimate of drug-likeness (QED) is 0.862. The van der Waals surface area contributed by atoms with E-state index in [0.717, 1.165) is 4.88 Å². The maximum atomic E-state index is 12.8. The lowest BCUT2D eigenvalue weighted by molar-refractivity contribution is -0.129. The van der Waals surface area contributed by atoms with Crippen LogP contribution in [-0.2, 0) is 9.59 Å². The summed E-state index contributed by atoms with van der Waals surface area (Å²) in [6.07, 6.45) is 3.14. The summed E-state index contributed by atoms with van der Waals surface area (Å²) in [6, 6.07) is 9.24. The Morgan fingerprint density at radius 2 is 2.00 bits per heavy atom. The van der Waals surface area contributed by atoms with Gasteiger partial charge in [0, 0.05) is 23.7 Å². The molecule has 0 radical (unpaired) electrons. The highest BCUT2D eigenvalue weighted by atomic mass is 32.1. The summed E-state index contributed by atoms with van der Waals surface area (Å²) in [5.41, 5.74) is 0.487. The van der Waals surface area contributed by atoms with Crippen molar-refractivity contribution < 1.29 is 14.0 Å². The number of amides is 2. The largest absolute Gasteiger partial charge is 0.333 e. The van der Waals surface area contributed by atoms with Crippen LogP contribution in [0.15, 0.2) is 47.9 Å². The maximum Gasteiger partial charge on any atom is 0.246 e. The number of nitrogens with zero attached hydrogens (tertiary/aromatic N) is 1. The normalized spacial score (nSPS) is 10.6. The van der Waals surface area contributed by atoms with Gasteiger partial charge >= 0.3 is 0 Å². The van der Waals surface area contributed by atoms with Crippen LogP contribution in [0.4, 0.5) is 10.1 Å². The zero-order valence-electron chi connectivity index (χ0n) is 12.0. The third-order valence-corrected chi connectivity index (χ3v) is 3.66. The first-order valence-electron chi connectivity index (χ1n) is 6.57. The number of hydrogen-bond acceptors (Lipinski definition) is 3. The van der Waals surface area contributed by atoms with Crippen molar-refractivity contribution in [2.75, 3.05) is 18.9 Å². The molecule has 4 nitrogen and oxygen atoms in total. The van der Waals surface area contributed by atoms with Crippen molar-refractivity contribution in [2.24, 2.45) is 0 Å². The molecule has 1 aromatic carbocycles. The molecule has 0 saturated carbocycles. The molecule has 0 aliphatic heterocycles. The average molecular weight is 318 g/mol. The van der Waals surface area contributed by atoms with E-state index in [0.29, 0.717) is 5.69 Å². The molecule has 0 unspecified atom stereocenters. The van der Waals surface area contributed by atoms with Crippen molar-refractivity contribution in [3.63, 3.8) is 0 Å². The van der Waals surface area contributed by atoms with Gasteiger partial charge in [0.1, 0.15) is 5.82 Å². The Morgan fingerprint density at radius 3 is 2.64 bits per heavy atom. The Morgan fingerprint density at radius 1 is 1.27 bits per heavy atom. The average Bonchev–Trinajstić information content (AvgIpc) is 3.00.